The van der Waals surface area contributed by atoms with Crippen molar-refractivity contribution in [1.29, 1.82) is 0 Å². The van der Waals surface area contributed by atoms with Crippen LogP contribution in [-0.2, 0) is 11.2 Å². The minimum absolute atomic E-state index is 0.00539. The lowest BCUT2D eigenvalue weighted by atomic mass is 10.0. The zero-order valence-electron chi connectivity index (χ0n) is 16.5. The Balaban J connectivity index is 1.71. The zero-order chi connectivity index (χ0) is 21.1. The van der Waals surface area contributed by atoms with Crippen LogP contribution in [0.4, 0.5) is 5.69 Å². The zero-order valence-corrected chi connectivity index (χ0v) is 17.3. The van der Waals surface area contributed by atoms with E-state index in [1.54, 1.807) is 20.1 Å². The van der Waals surface area contributed by atoms with Crippen molar-refractivity contribution < 1.29 is 19.4 Å². The summed E-state index contributed by atoms with van der Waals surface area (Å²) in [5.74, 6) is -1.22. The first-order valence-corrected chi connectivity index (χ1v) is 9.75. The van der Waals surface area contributed by atoms with Crippen LogP contribution in [0.5, 0.6) is 0 Å². The van der Waals surface area contributed by atoms with Crippen LogP contribution in [0.25, 0.3) is 0 Å². The Morgan fingerprint density at radius 2 is 2.17 bits per heavy atom. The first-order chi connectivity index (χ1) is 13.8. The topological polar surface area (TPSA) is 120 Å². The van der Waals surface area contributed by atoms with Gasteiger partial charge in [-0.3, -0.25) is 4.79 Å². The highest BCUT2D eigenvalue weighted by atomic mass is 35.5. The molecule has 1 fully saturated rings. The normalized spacial score (nSPS) is 19.2. The number of anilines is 1. The molecule has 0 unspecified atom stereocenters. The van der Waals surface area contributed by atoms with E-state index in [0.29, 0.717) is 36.8 Å². The van der Waals surface area contributed by atoms with Crippen molar-refractivity contribution in [2.75, 3.05) is 25.1 Å². The van der Waals surface area contributed by atoms with Gasteiger partial charge in [-0.15, -0.1) is 0 Å². The lowest BCUT2D eigenvalue weighted by Gasteiger charge is -2.39. The number of piperidine rings is 1. The average Bonchev–Trinajstić information content (AvgIpc) is 3.08. The minimum Gasteiger partial charge on any atom is -0.477 e. The predicted octanol–water partition coefficient (Wildman–Crippen LogP) is 2.05. The first kappa shape index (κ1) is 21.1. The van der Waals surface area contributed by atoms with Crippen molar-refractivity contribution >= 4 is 29.2 Å². The van der Waals surface area contributed by atoms with Gasteiger partial charge in [-0.25, -0.2) is 14.8 Å². The number of carbonyl (C=O) groups excluding carboxylic acids is 1. The number of aromatic nitrogens is 3. The molecule has 3 heterocycles. The summed E-state index contributed by atoms with van der Waals surface area (Å²) < 4.78 is 5.61. The second kappa shape index (κ2) is 8.79. The van der Waals surface area contributed by atoms with Gasteiger partial charge in [-0.05, 0) is 31.9 Å². The van der Waals surface area contributed by atoms with Crippen molar-refractivity contribution in [3.8, 4) is 0 Å². The van der Waals surface area contributed by atoms with E-state index < -0.39 is 5.97 Å². The fourth-order valence-electron chi connectivity index (χ4n) is 3.46. The molecule has 0 saturated carbocycles. The highest BCUT2D eigenvalue weighted by molar-refractivity contribution is 6.30. The molecule has 1 aliphatic rings. The largest absolute Gasteiger partial charge is 0.477 e. The Bertz CT molecular complexity index is 916. The number of carbonyl (C=O) groups is 2. The van der Waals surface area contributed by atoms with Gasteiger partial charge < -0.3 is 25.0 Å². The van der Waals surface area contributed by atoms with Crippen LogP contribution < -0.4 is 10.2 Å². The highest BCUT2D eigenvalue weighted by Gasteiger charge is 2.32. The van der Waals surface area contributed by atoms with Crippen molar-refractivity contribution in [3.63, 3.8) is 0 Å². The van der Waals surface area contributed by atoms with Gasteiger partial charge in [-0.2, -0.15) is 0 Å². The van der Waals surface area contributed by atoms with E-state index in [9.17, 15) is 14.7 Å². The lowest BCUT2D eigenvalue weighted by molar-refractivity contribution is 0.0538. The fourth-order valence-corrected chi connectivity index (χ4v) is 3.73. The molecule has 2 atom stereocenters. The molecule has 0 bridgehead atoms. The number of amides is 1. The number of nitrogens with one attached hydrogen (secondary N) is 2. The molecule has 10 heteroatoms. The molecule has 0 radical (unpaired) electrons. The quantitative estimate of drug-likeness (QED) is 0.652. The first-order valence-electron chi connectivity index (χ1n) is 9.37. The number of ether oxygens (including phenoxy) is 1. The Hall–Kier alpha value is -2.65. The molecular weight excluding hydrogens is 398 g/mol. The number of hydrogen-bond donors (Lipinski definition) is 3. The van der Waals surface area contributed by atoms with Crippen LogP contribution in [0.2, 0.25) is 5.15 Å². The summed E-state index contributed by atoms with van der Waals surface area (Å²) in [5, 5.41) is 12.5. The Morgan fingerprint density at radius 1 is 1.41 bits per heavy atom. The SMILES string of the molecule is CCc1[nH]c(C(=O)N[C@@H]2CCN(c3cc(C)nc(C(=O)O)c3)C[C@@H]2OC)nc1Cl. The predicted molar refractivity (Wildman–Crippen MR) is 108 cm³/mol. The molecule has 3 rings (SSSR count). The van der Waals surface area contributed by atoms with Crippen LogP contribution in [0.1, 0.15) is 45.8 Å². The number of imidazole rings is 1. The minimum atomic E-state index is -1.07. The molecule has 0 aromatic carbocycles. The number of methoxy groups -OCH3 is 1. The summed E-state index contributed by atoms with van der Waals surface area (Å²) in [7, 11) is 1.59. The van der Waals surface area contributed by atoms with E-state index in [0.717, 1.165) is 11.4 Å². The van der Waals surface area contributed by atoms with Crippen LogP contribution in [0.15, 0.2) is 12.1 Å². The van der Waals surface area contributed by atoms with Crippen molar-refractivity contribution in [2.24, 2.45) is 0 Å². The number of nitrogens with zero attached hydrogens (tertiary/aromatic N) is 3. The third-order valence-corrected chi connectivity index (χ3v) is 5.31. The Morgan fingerprint density at radius 3 is 2.79 bits per heavy atom. The molecule has 3 N–H and O–H groups in total. The highest BCUT2D eigenvalue weighted by Crippen LogP contribution is 2.23. The summed E-state index contributed by atoms with van der Waals surface area (Å²) >= 11 is 6.02. The van der Waals surface area contributed by atoms with E-state index in [2.05, 4.69) is 20.3 Å². The maximum Gasteiger partial charge on any atom is 0.354 e. The maximum atomic E-state index is 12.6. The third kappa shape index (κ3) is 4.68. The van der Waals surface area contributed by atoms with Gasteiger partial charge in [0.05, 0.1) is 17.8 Å². The van der Waals surface area contributed by atoms with Gasteiger partial charge in [0.1, 0.15) is 0 Å². The molecule has 1 amide bonds. The second-order valence-electron chi connectivity index (χ2n) is 6.95. The molecule has 0 spiro atoms. The molecule has 2 aromatic rings. The molecule has 9 nitrogen and oxygen atoms in total. The molecule has 156 valence electrons. The van der Waals surface area contributed by atoms with E-state index >= 15 is 0 Å². The third-order valence-electron chi connectivity index (χ3n) is 5.00. The van der Waals surface area contributed by atoms with Crippen LogP contribution >= 0.6 is 11.6 Å². The molecule has 2 aromatic heterocycles. The summed E-state index contributed by atoms with van der Waals surface area (Å²) in [4.78, 5) is 37.0. The van der Waals surface area contributed by atoms with Gasteiger partial charge in [0.2, 0.25) is 0 Å². The van der Waals surface area contributed by atoms with E-state index in [1.165, 1.54) is 0 Å². The molecule has 1 saturated heterocycles. The number of pyridine rings is 1. The molecular formula is C19H24ClN5O4. The van der Waals surface area contributed by atoms with Gasteiger partial charge >= 0.3 is 5.97 Å². The lowest BCUT2D eigenvalue weighted by Crippen LogP contribution is -2.55. The van der Waals surface area contributed by atoms with Gasteiger partial charge in [0.15, 0.2) is 16.7 Å². The number of aryl methyl sites for hydroxylation is 2. The number of H-pyrrole nitrogens is 1. The Labute approximate surface area is 173 Å². The van der Waals surface area contributed by atoms with Gasteiger partial charge in [0, 0.05) is 31.6 Å². The molecule has 0 aliphatic carbocycles. The summed E-state index contributed by atoms with van der Waals surface area (Å²) in [6.07, 6.45) is 1.01. The standard InChI is InChI=1S/C19H24ClN5O4/c1-4-12-16(20)24-17(22-12)18(26)23-13-5-6-25(9-15(13)29-3)11-7-10(2)21-14(8-11)19(27)28/h7-8,13,15H,4-6,9H2,1-3H3,(H,22,24)(H,23,26)(H,27,28)/t13-,15+/m1/s1. The van der Waals surface area contributed by atoms with Crippen LogP contribution in [0, 0.1) is 6.92 Å². The summed E-state index contributed by atoms with van der Waals surface area (Å²) in [6.45, 7) is 4.82. The Kier molecular flexibility index (Phi) is 6.39. The van der Waals surface area contributed by atoms with E-state index in [-0.39, 0.29) is 29.6 Å². The van der Waals surface area contributed by atoms with Gasteiger partial charge in [0.25, 0.3) is 5.91 Å². The number of aromatic carboxylic acids is 1. The van der Waals surface area contributed by atoms with Crippen molar-refractivity contribution in [2.45, 2.75) is 38.8 Å². The monoisotopic (exact) mass is 421 g/mol. The number of hydrogen-bond acceptors (Lipinski definition) is 6. The summed E-state index contributed by atoms with van der Waals surface area (Å²) in [5.41, 5.74) is 2.13. The average molecular weight is 422 g/mol. The number of halogens is 1. The fraction of sp³-hybridized carbons (Fsp3) is 0.474. The van der Waals surface area contributed by atoms with Crippen molar-refractivity contribution in [3.05, 3.63) is 40.2 Å². The van der Waals surface area contributed by atoms with Crippen LogP contribution in [-0.4, -0.2) is 64.3 Å². The number of rotatable bonds is 6. The smallest absolute Gasteiger partial charge is 0.354 e. The summed E-state index contributed by atoms with van der Waals surface area (Å²) in [6, 6.07) is 3.19. The van der Waals surface area contributed by atoms with E-state index in [1.807, 2.05) is 17.9 Å². The molecule has 1 aliphatic heterocycles. The number of aromatic amines is 1. The maximum absolute atomic E-state index is 12.6. The van der Waals surface area contributed by atoms with E-state index in [4.69, 9.17) is 16.3 Å². The van der Waals surface area contributed by atoms with Gasteiger partial charge in [-0.1, -0.05) is 18.5 Å². The molecule has 29 heavy (non-hydrogen) atoms. The number of carboxylic acid groups (broad SMARTS) is 1. The van der Waals surface area contributed by atoms with Crippen molar-refractivity contribution in [1.82, 2.24) is 20.3 Å². The number of carboxylic acids is 1. The van der Waals surface area contributed by atoms with Crippen LogP contribution in [0.3, 0.4) is 0 Å². The second-order valence-corrected chi connectivity index (χ2v) is 7.31.